The molecule has 1 aromatic rings. The highest BCUT2D eigenvalue weighted by Gasteiger charge is 2.32. The van der Waals surface area contributed by atoms with Crippen molar-refractivity contribution < 1.29 is 22.8 Å². The molecule has 0 unspecified atom stereocenters. The van der Waals surface area contributed by atoms with Crippen LogP contribution < -0.4 is 16.0 Å². The minimum absolute atomic E-state index is 0.208. The third-order valence-corrected chi connectivity index (χ3v) is 3.19. The van der Waals surface area contributed by atoms with Gasteiger partial charge in [-0.3, -0.25) is 15.4 Å². The summed E-state index contributed by atoms with van der Waals surface area (Å²) >= 11 is 0. The van der Waals surface area contributed by atoms with E-state index in [9.17, 15) is 22.8 Å². The molecule has 0 aliphatic carbocycles. The molecule has 0 heterocycles. The van der Waals surface area contributed by atoms with Crippen molar-refractivity contribution in [3.63, 3.8) is 0 Å². The second-order valence-electron chi connectivity index (χ2n) is 5.46. The van der Waals surface area contributed by atoms with Crippen molar-refractivity contribution in [1.29, 1.82) is 0 Å². The fourth-order valence-corrected chi connectivity index (χ4v) is 1.86. The summed E-state index contributed by atoms with van der Waals surface area (Å²) in [5, 5.41) is 7.36. The number of hydrogen-bond donors (Lipinski definition) is 3. The van der Waals surface area contributed by atoms with Gasteiger partial charge in [0.25, 0.3) is 0 Å². The highest BCUT2D eigenvalue weighted by molar-refractivity contribution is 5.95. The zero-order valence-electron chi connectivity index (χ0n) is 13.2. The smallest absolute Gasteiger partial charge is 0.338 e. The average Bonchev–Trinajstić information content (AvgIpc) is 2.45. The van der Waals surface area contributed by atoms with Crippen molar-refractivity contribution in [3.8, 4) is 0 Å². The van der Waals surface area contributed by atoms with Gasteiger partial charge in [0.1, 0.15) is 0 Å². The summed E-state index contributed by atoms with van der Waals surface area (Å²) in [6.45, 7) is 5.19. The van der Waals surface area contributed by atoms with Crippen LogP contribution in [0.4, 0.5) is 18.0 Å². The van der Waals surface area contributed by atoms with Gasteiger partial charge < -0.3 is 5.32 Å². The number of hydrogen-bond acceptors (Lipinski definition) is 3. The van der Waals surface area contributed by atoms with Gasteiger partial charge in [0.15, 0.2) is 0 Å². The van der Waals surface area contributed by atoms with Gasteiger partial charge in [0, 0.05) is 12.1 Å². The first kappa shape index (κ1) is 19.0. The lowest BCUT2D eigenvalue weighted by Gasteiger charge is -2.27. The van der Waals surface area contributed by atoms with Crippen LogP contribution in [-0.4, -0.2) is 25.0 Å². The normalized spacial score (nSPS) is 11.9. The van der Waals surface area contributed by atoms with Crippen molar-refractivity contribution in [2.75, 3.05) is 13.1 Å². The van der Waals surface area contributed by atoms with Crippen molar-refractivity contribution in [2.45, 2.75) is 32.5 Å². The molecule has 5 nitrogen and oxygen atoms in total. The zero-order chi connectivity index (χ0) is 17.7. The highest BCUT2D eigenvalue weighted by atomic mass is 19.4. The number of alkyl halides is 3. The van der Waals surface area contributed by atoms with E-state index in [1.54, 1.807) is 26.8 Å². The first-order valence-electron chi connectivity index (χ1n) is 7.06. The minimum Gasteiger partial charge on any atom is -0.338 e. The highest BCUT2D eigenvalue weighted by Crippen LogP contribution is 2.31. The molecule has 1 rings (SSSR count). The lowest BCUT2D eigenvalue weighted by molar-refractivity contribution is -0.137. The zero-order valence-corrected chi connectivity index (χ0v) is 13.2. The van der Waals surface area contributed by atoms with E-state index in [2.05, 4.69) is 16.0 Å². The van der Waals surface area contributed by atoms with E-state index in [-0.39, 0.29) is 6.54 Å². The molecule has 0 atom stereocenters. The molecule has 0 aliphatic heterocycles. The van der Waals surface area contributed by atoms with Gasteiger partial charge in [0.2, 0.25) is 5.91 Å². The Morgan fingerprint density at radius 1 is 1.13 bits per heavy atom. The van der Waals surface area contributed by atoms with Crippen LogP contribution in [0.25, 0.3) is 0 Å². The number of carbonyl (C=O) groups is 2. The monoisotopic (exact) mass is 331 g/mol. The van der Waals surface area contributed by atoms with Gasteiger partial charge in [-0.15, -0.1) is 0 Å². The second-order valence-corrected chi connectivity index (χ2v) is 5.46. The predicted octanol–water partition coefficient (Wildman–Crippen LogP) is 2.38. The Hall–Kier alpha value is -2.09. The van der Waals surface area contributed by atoms with Crippen LogP contribution in [0.15, 0.2) is 24.3 Å². The third kappa shape index (κ3) is 5.90. The summed E-state index contributed by atoms with van der Waals surface area (Å²) in [5.41, 5.74) is -1.24. The molecule has 0 spiro atoms. The molecule has 0 saturated carbocycles. The molecule has 128 valence electrons. The Kier molecular flexibility index (Phi) is 6.14. The number of imide groups is 1. The molecule has 3 amide bonds. The summed E-state index contributed by atoms with van der Waals surface area (Å²) < 4.78 is 38.3. The first-order chi connectivity index (χ1) is 10.6. The average molecular weight is 331 g/mol. The van der Waals surface area contributed by atoms with E-state index in [0.717, 1.165) is 12.1 Å². The van der Waals surface area contributed by atoms with E-state index in [1.807, 2.05) is 0 Å². The molecule has 23 heavy (non-hydrogen) atoms. The number of halogens is 3. The molecule has 0 radical (unpaired) electrons. The fourth-order valence-electron chi connectivity index (χ4n) is 1.86. The van der Waals surface area contributed by atoms with Gasteiger partial charge >= 0.3 is 12.2 Å². The molecule has 0 aromatic heterocycles. The molecule has 0 saturated heterocycles. The van der Waals surface area contributed by atoms with Crippen LogP contribution in [-0.2, 0) is 16.5 Å². The summed E-state index contributed by atoms with van der Waals surface area (Å²) in [4.78, 5) is 22.8. The van der Waals surface area contributed by atoms with Crippen LogP contribution in [0.3, 0.4) is 0 Å². The summed E-state index contributed by atoms with van der Waals surface area (Å²) in [7, 11) is 0. The summed E-state index contributed by atoms with van der Waals surface area (Å²) in [5.74, 6) is -0.573. The standard InChI is InChI=1S/C15H20F3N3O2/c1-4-19-13(23)21-12(22)9-20-14(2,3)10-6-5-7-11(8-10)15(16,17)18/h5-8,20H,4,9H2,1-3H3,(H2,19,21,22,23). The number of rotatable bonds is 5. The fraction of sp³-hybridized carbons (Fsp3) is 0.467. The van der Waals surface area contributed by atoms with Crippen LogP contribution in [0.2, 0.25) is 0 Å². The third-order valence-electron chi connectivity index (χ3n) is 3.19. The number of amides is 3. The Labute approximate surface area is 132 Å². The SMILES string of the molecule is CCNC(=O)NC(=O)CNC(C)(C)c1cccc(C(F)(F)F)c1. The van der Waals surface area contributed by atoms with Crippen LogP contribution >= 0.6 is 0 Å². The molecule has 0 fully saturated rings. The van der Waals surface area contributed by atoms with Gasteiger partial charge in [-0.25, -0.2) is 4.79 Å². The van der Waals surface area contributed by atoms with Gasteiger partial charge in [-0.2, -0.15) is 13.2 Å². The largest absolute Gasteiger partial charge is 0.416 e. The topological polar surface area (TPSA) is 70.2 Å². The number of carbonyl (C=O) groups excluding carboxylic acids is 2. The lowest BCUT2D eigenvalue weighted by atomic mass is 9.92. The van der Waals surface area contributed by atoms with E-state index < -0.39 is 29.2 Å². The van der Waals surface area contributed by atoms with Crippen LogP contribution in [0, 0.1) is 0 Å². The number of nitrogens with one attached hydrogen (secondary N) is 3. The molecular formula is C15H20F3N3O2. The van der Waals surface area contributed by atoms with Crippen molar-refractivity contribution in [2.24, 2.45) is 0 Å². The lowest BCUT2D eigenvalue weighted by Crippen LogP contribution is -2.47. The quantitative estimate of drug-likeness (QED) is 0.776. The Morgan fingerprint density at radius 2 is 1.74 bits per heavy atom. The van der Waals surface area contributed by atoms with Gasteiger partial charge in [-0.1, -0.05) is 12.1 Å². The second kappa shape index (κ2) is 7.45. The van der Waals surface area contributed by atoms with Crippen molar-refractivity contribution in [1.82, 2.24) is 16.0 Å². The predicted molar refractivity (Wildman–Crippen MR) is 79.7 cm³/mol. The molecule has 0 aliphatic rings. The van der Waals surface area contributed by atoms with Crippen LogP contribution in [0.5, 0.6) is 0 Å². The maximum atomic E-state index is 12.8. The maximum absolute atomic E-state index is 12.8. The van der Waals surface area contributed by atoms with Gasteiger partial charge in [-0.05, 0) is 38.5 Å². The number of benzene rings is 1. The van der Waals surface area contributed by atoms with E-state index in [4.69, 9.17) is 0 Å². The van der Waals surface area contributed by atoms with E-state index in [1.165, 1.54) is 6.07 Å². The Balaban J connectivity index is 2.72. The minimum atomic E-state index is -4.43. The van der Waals surface area contributed by atoms with Crippen molar-refractivity contribution in [3.05, 3.63) is 35.4 Å². The molecule has 1 aromatic carbocycles. The van der Waals surface area contributed by atoms with Crippen molar-refractivity contribution >= 4 is 11.9 Å². The first-order valence-corrected chi connectivity index (χ1v) is 7.06. The summed E-state index contributed by atoms with van der Waals surface area (Å²) in [6, 6.07) is 4.27. The Bertz CT molecular complexity index is 571. The summed E-state index contributed by atoms with van der Waals surface area (Å²) in [6.07, 6.45) is -4.43. The molecule has 8 heteroatoms. The van der Waals surface area contributed by atoms with Crippen LogP contribution in [0.1, 0.15) is 31.9 Å². The molecule has 3 N–H and O–H groups in total. The van der Waals surface area contributed by atoms with E-state index >= 15 is 0 Å². The Morgan fingerprint density at radius 3 is 2.30 bits per heavy atom. The molecular weight excluding hydrogens is 311 g/mol. The van der Waals surface area contributed by atoms with Gasteiger partial charge in [0.05, 0.1) is 12.1 Å². The van der Waals surface area contributed by atoms with E-state index in [0.29, 0.717) is 12.1 Å². The number of urea groups is 1. The maximum Gasteiger partial charge on any atom is 0.416 e. The molecule has 0 bridgehead atoms.